The highest BCUT2D eigenvalue weighted by Crippen LogP contribution is 2.31. The van der Waals surface area contributed by atoms with Crippen LogP contribution in [-0.4, -0.2) is 19.6 Å². The molecule has 0 spiro atoms. The molecule has 0 amide bonds. The van der Waals surface area contributed by atoms with Crippen LogP contribution in [0.15, 0.2) is 10.5 Å². The molecule has 0 aliphatic carbocycles. The molecule has 0 aliphatic heterocycles. The van der Waals surface area contributed by atoms with E-state index in [9.17, 15) is 4.79 Å². The zero-order chi connectivity index (χ0) is 13.1. The number of carbonyl (C=O) groups excluding carboxylic acids is 1. The molecule has 1 rings (SSSR count). The van der Waals surface area contributed by atoms with E-state index in [2.05, 4.69) is 21.2 Å². The summed E-state index contributed by atoms with van der Waals surface area (Å²) < 4.78 is 6.39. The molecule has 0 atom stereocenters. The minimum absolute atomic E-state index is 0.213. The summed E-state index contributed by atoms with van der Waals surface area (Å²) in [5.41, 5.74) is -0.521. The minimum atomic E-state index is -0.521. The summed E-state index contributed by atoms with van der Waals surface area (Å²) in [4.78, 5) is 12.6. The zero-order valence-corrected chi connectivity index (χ0v) is 13.1. The molecule has 0 aliphatic rings. The van der Waals surface area contributed by atoms with Crippen LogP contribution < -0.4 is 5.32 Å². The number of methoxy groups -OCH3 is 1. The first kappa shape index (κ1) is 15.0. The lowest BCUT2D eigenvalue weighted by Gasteiger charge is -2.21. The molecule has 0 unspecified atom stereocenters. The second kappa shape index (κ2) is 6.18. The predicted molar refractivity (Wildman–Crippen MR) is 74.5 cm³/mol. The molecule has 17 heavy (non-hydrogen) atoms. The van der Waals surface area contributed by atoms with Gasteiger partial charge in [-0.1, -0.05) is 11.6 Å². The Morgan fingerprint density at radius 3 is 2.76 bits per heavy atom. The lowest BCUT2D eigenvalue weighted by Crippen LogP contribution is -2.36. The average molecular weight is 341 g/mol. The average Bonchev–Trinajstić information content (AvgIpc) is 2.57. The first-order valence-electron chi connectivity index (χ1n) is 5.09. The van der Waals surface area contributed by atoms with E-state index in [-0.39, 0.29) is 5.97 Å². The first-order chi connectivity index (χ1) is 7.86. The number of ether oxygens (including phenoxy) is 1. The molecular formula is C11H15BrClNO2S. The van der Waals surface area contributed by atoms with Crippen LogP contribution in [0.5, 0.6) is 0 Å². The summed E-state index contributed by atoms with van der Waals surface area (Å²) in [5, 5.41) is 3.23. The normalized spacial score (nSPS) is 11.6. The maximum Gasteiger partial charge on any atom is 0.312 e. The van der Waals surface area contributed by atoms with Crippen molar-refractivity contribution in [2.45, 2.75) is 20.4 Å². The predicted octanol–water partition coefficient (Wildman–Crippen LogP) is 3.45. The third-order valence-corrected chi connectivity index (χ3v) is 4.78. The van der Waals surface area contributed by atoms with Gasteiger partial charge in [-0.15, -0.1) is 11.3 Å². The molecule has 1 aromatic heterocycles. The van der Waals surface area contributed by atoms with Gasteiger partial charge < -0.3 is 10.1 Å². The molecule has 0 saturated heterocycles. The fourth-order valence-corrected chi connectivity index (χ4v) is 3.09. The van der Waals surface area contributed by atoms with Gasteiger partial charge in [-0.3, -0.25) is 4.79 Å². The van der Waals surface area contributed by atoms with Gasteiger partial charge in [0.25, 0.3) is 0 Å². The van der Waals surface area contributed by atoms with Gasteiger partial charge in [0, 0.05) is 22.4 Å². The molecule has 0 radical (unpaired) electrons. The van der Waals surface area contributed by atoms with Crippen molar-refractivity contribution in [2.75, 3.05) is 13.7 Å². The number of rotatable bonds is 5. The van der Waals surface area contributed by atoms with E-state index in [0.717, 1.165) is 13.7 Å². The highest BCUT2D eigenvalue weighted by Gasteiger charge is 2.28. The Morgan fingerprint density at radius 1 is 1.65 bits per heavy atom. The Labute approximate surface area is 119 Å². The minimum Gasteiger partial charge on any atom is -0.469 e. The van der Waals surface area contributed by atoms with Crippen LogP contribution in [0.25, 0.3) is 0 Å². The first-order valence-corrected chi connectivity index (χ1v) is 7.08. The topological polar surface area (TPSA) is 38.3 Å². The molecule has 0 fully saturated rings. The largest absolute Gasteiger partial charge is 0.469 e. The highest BCUT2D eigenvalue weighted by atomic mass is 79.9. The number of hydrogen-bond donors (Lipinski definition) is 1. The van der Waals surface area contributed by atoms with Crippen molar-refractivity contribution in [2.24, 2.45) is 5.41 Å². The Bertz CT molecular complexity index is 387. The smallest absolute Gasteiger partial charge is 0.312 e. The quantitative estimate of drug-likeness (QED) is 0.834. The van der Waals surface area contributed by atoms with Gasteiger partial charge in [-0.05, 0) is 35.8 Å². The molecule has 96 valence electrons. The Kier molecular flexibility index (Phi) is 5.44. The van der Waals surface area contributed by atoms with E-state index in [1.54, 1.807) is 0 Å². The molecule has 1 aromatic rings. The van der Waals surface area contributed by atoms with Gasteiger partial charge in [0.15, 0.2) is 0 Å². The Morgan fingerprint density at radius 2 is 2.29 bits per heavy atom. The van der Waals surface area contributed by atoms with Gasteiger partial charge in [-0.2, -0.15) is 0 Å². The van der Waals surface area contributed by atoms with Crippen molar-refractivity contribution in [3.63, 3.8) is 0 Å². The van der Waals surface area contributed by atoms with E-state index in [1.165, 1.54) is 18.4 Å². The monoisotopic (exact) mass is 339 g/mol. The molecule has 0 bridgehead atoms. The second-order valence-electron chi connectivity index (χ2n) is 4.31. The van der Waals surface area contributed by atoms with Crippen LogP contribution in [0.2, 0.25) is 4.34 Å². The van der Waals surface area contributed by atoms with Crippen LogP contribution >= 0.6 is 38.9 Å². The van der Waals surface area contributed by atoms with Crippen molar-refractivity contribution < 1.29 is 9.53 Å². The molecule has 1 heterocycles. The maximum absolute atomic E-state index is 11.4. The molecule has 6 heteroatoms. The lowest BCUT2D eigenvalue weighted by atomic mass is 9.94. The number of nitrogens with one attached hydrogen (secondary N) is 1. The van der Waals surface area contributed by atoms with E-state index >= 15 is 0 Å². The summed E-state index contributed by atoms with van der Waals surface area (Å²) >= 11 is 10.8. The summed E-state index contributed by atoms with van der Waals surface area (Å²) in [6.07, 6.45) is 0. The van der Waals surface area contributed by atoms with Crippen LogP contribution in [0.1, 0.15) is 18.7 Å². The summed E-state index contributed by atoms with van der Waals surface area (Å²) in [6, 6.07) is 1.98. The van der Waals surface area contributed by atoms with Crippen LogP contribution in [-0.2, 0) is 16.1 Å². The van der Waals surface area contributed by atoms with Crippen LogP contribution in [0.3, 0.4) is 0 Å². The number of thiophene rings is 1. The third kappa shape index (κ3) is 4.25. The molecule has 1 N–H and O–H groups in total. The fourth-order valence-electron chi connectivity index (χ4n) is 1.33. The molecule has 3 nitrogen and oxygen atoms in total. The third-order valence-electron chi connectivity index (χ3n) is 2.30. The Balaban J connectivity index is 2.45. The van der Waals surface area contributed by atoms with Crippen molar-refractivity contribution in [3.8, 4) is 0 Å². The number of esters is 1. The van der Waals surface area contributed by atoms with Gasteiger partial charge in [-0.25, -0.2) is 0 Å². The number of carbonyl (C=O) groups is 1. The van der Waals surface area contributed by atoms with E-state index in [1.807, 2.05) is 19.9 Å². The summed E-state index contributed by atoms with van der Waals surface area (Å²) in [7, 11) is 1.40. The fraction of sp³-hybridized carbons (Fsp3) is 0.545. The van der Waals surface area contributed by atoms with Gasteiger partial charge in [0.1, 0.15) is 4.34 Å². The van der Waals surface area contributed by atoms with Crippen molar-refractivity contribution >= 4 is 44.8 Å². The summed E-state index contributed by atoms with van der Waals surface area (Å²) in [6.45, 7) is 4.95. The lowest BCUT2D eigenvalue weighted by molar-refractivity contribution is -0.150. The number of hydrogen-bond acceptors (Lipinski definition) is 4. The van der Waals surface area contributed by atoms with Crippen molar-refractivity contribution in [3.05, 3.63) is 19.8 Å². The van der Waals surface area contributed by atoms with E-state index in [0.29, 0.717) is 13.1 Å². The second-order valence-corrected chi connectivity index (χ2v) is 6.91. The van der Waals surface area contributed by atoms with E-state index < -0.39 is 5.41 Å². The van der Waals surface area contributed by atoms with Gasteiger partial charge in [0.2, 0.25) is 0 Å². The molecule has 0 aromatic carbocycles. The summed E-state index contributed by atoms with van der Waals surface area (Å²) in [5.74, 6) is -0.213. The van der Waals surface area contributed by atoms with Crippen LogP contribution in [0.4, 0.5) is 0 Å². The van der Waals surface area contributed by atoms with Crippen molar-refractivity contribution in [1.82, 2.24) is 5.32 Å². The standard InChI is InChI=1S/C11H15BrClNO2S/c1-11(2,10(15)16-3)6-14-5-7-4-8(12)9(13)17-7/h4,14H,5-6H2,1-3H3. The van der Waals surface area contributed by atoms with Crippen LogP contribution in [0, 0.1) is 5.41 Å². The zero-order valence-electron chi connectivity index (χ0n) is 9.97. The van der Waals surface area contributed by atoms with Gasteiger partial charge in [0.05, 0.1) is 12.5 Å². The maximum atomic E-state index is 11.4. The highest BCUT2D eigenvalue weighted by molar-refractivity contribution is 9.10. The van der Waals surface area contributed by atoms with E-state index in [4.69, 9.17) is 16.3 Å². The Hall–Kier alpha value is -0.100. The van der Waals surface area contributed by atoms with Crippen molar-refractivity contribution in [1.29, 1.82) is 0 Å². The molecule has 0 saturated carbocycles. The van der Waals surface area contributed by atoms with Gasteiger partial charge >= 0.3 is 5.97 Å². The number of halogens is 2. The molecular weight excluding hydrogens is 326 g/mol. The SMILES string of the molecule is COC(=O)C(C)(C)CNCc1cc(Br)c(Cl)s1.